The van der Waals surface area contributed by atoms with Crippen molar-refractivity contribution in [3.05, 3.63) is 113 Å². The molecule has 0 aromatic heterocycles. The van der Waals surface area contributed by atoms with E-state index < -0.39 is 22.3 Å². The molecule has 0 heterocycles. The number of carbonyl (C=O) groups is 1. The van der Waals surface area contributed by atoms with Crippen LogP contribution in [0.15, 0.2) is 96.4 Å². The fourth-order valence-electron chi connectivity index (χ4n) is 3.89. The minimum atomic E-state index is -3.97. The first-order valence-electron chi connectivity index (χ1n) is 13.9. The van der Waals surface area contributed by atoms with Crippen molar-refractivity contribution in [3.63, 3.8) is 0 Å². The Morgan fingerprint density at radius 1 is 0.905 bits per heavy atom. The number of nitrogens with one attached hydrogen (secondary N) is 1. The number of methoxy groups -OCH3 is 1. The van der Waals surface area contributed by atoms with Crippen molar-refractivity contribution in [1.82, 2.24) is 5.32 Å². The minimum absolute atomic E-state index is 0.0422. The molecule has 0 saturated carbocycles. The van der Waals surface area contributed by atoms with Gasteiger partial charge < -0.3 is 14.8 Å². The molecule has 226 valence electrons. The molecule has 9 heteroatoms. The van der Waals surface area contributed by atoms with E-state index in [1.165, 1.54) is 6.08 Å². The molecule has 0 saturated heterocycles. The lowest BCUT2D eigenvalue weighted by Gasteiger charge is -2.26. The molecule has 0 bridgehead atoms. The second kappa shape index (κ2) is 16.4. The molecule has 2 unspecified atom stereocenters. The number of aryl methyl sites for hydroxylation is 1. The van der Waals surface area contributed by atoms with Gasteiger partial charge in [-0.2, -0.15) is 20.2 Å². The van der Waals surface area contributed by atoms with E-state index in [-0.39, 0.29) is 23.9 Å². The summed E-state index contributed by atoms with van der Waals surface area (Å²) in [6.07, 6.45) is 2.30. The van der Waals surface area contributed by atoms with E-state index in [1.54, 1.807) is 18.9 Å². The number of amides is 1. The van der Waals surface area contributed by atoms with Crippen molar-refractivity contribution in [2.45, 2.75) is 57.3 Å². The Labute approximate surface area is 254 Å². The highest BCUT2D eigenvalue weighted by Crippen LogP contribution is 2.27. The number of hydrogen-bond acceptors (Lipinski definition) is 7. The quantitative estimate of drug-likeness (QED) is 0.183. The van der Waals surface area contributed by atoms with Gasteiger partial charge in [0.2, 0.25) is 0 Å². The van der Waals surface area contributed by atoms with Crippen molar-refractivity contribution in [1.29, 1.82) is 0 Å². The average molecular weight is 612 g/mol. The molecule has 0 aliphatic heterocycles. The van der Waals surface area contributed by atoms with Crippen molar-refractivity contribution >= 4 is 28.0 Å². The number of alkyl carbamates (subject to hydrolysis) is 1. The lowest BCUT2D eigenvalue weighted by atomic mass is 9.99. The summed E-state index contributed by atoms with van der Waals surface area (Å²) in [5.41, 5.74) is 2.77. The lowest BCUT2D eigenvalue weighted by molar-refractivity contribution is 0.137. The van der Waals surface area contributed by atoms with E-state index in [0.717, 1.165) is 34.3 Å². The molecule has 3 rings (SSSR count). The average Bonchev–Trinajstić information content (AvgIpc) is 2.98. The highest BCUT2D eigenvalue weighted by Gasteiger charge is 2.24. The Morgan fingerprint density at radius 2 is 1.52 bits per heavy atom. The van der Waals surface area contributed by atoms with Crippen LogP contribution in [0.2, 0.25) is 0 Å². The lowest BCUT2D eigenvalue weighted by Crippen LogP contribution is -2.41. The molecule has 0 radical (unpaired) electrons. The van der Waals surface area contributed by atoms with Crippen LogP contribution in [0.1, 0.15) is 43.9 Å². The molecule has 0 spiro atoms. The van der Waals surface area contributed by atoms with E-state index in [1.807, 2.05) is 93.6 Å². The number of rotatable bonds is 15. The Bertz CT molecular complexity index is 1360. The number of hydrogen-bond donors (Lipinski definition) is 1. The molecule has 2 atom stereocenters. The highest BCUT2D eigenvalue weighted by molar-refractivity contribution is 7.99. The summed E-state index contributed by atoms with van der Waals surface area (Å²) in [6.45, 7) is 5.84. The molecule has 3 aromatic rings. The number of thioether (sulfide) groups is 1. The highest BCUT2D eigenvalue weighted by atomic mass is 32.2. The van der Waals surface area contributed by atoms with Crippen molar-refractivity contribution in [2.24, 2.45) is 5.41 Å². The fourth-order valence-corrected chi connectivity index (χ4v) is 6.10. The third kappa shape index (κ3) is 12.7. The summed E-state index contributed by atoms with van der Waals surface area (Å²) in [7, 11) is -2.35. The van der Waals surface area contributed by atoms with Gasteiger partial charge in [-0.3, -0.25) is 4.18 Å². The predicted molar refractivity (Wildman–Crippen MR) is 170 cm³/mol. The molecule has 3 aromatic carbocycles. The molecule has 0 fully saturated rings. The normalized spacial score (nSPS) is 13.4. The summed E-state index contributed by atoms with van der Waals surface area (Å²) in [6, 6.07) is 26.6. The molecule has 0 aliphatic rings. The molecule has 7 nitrogen and oxygen atoms in total. The first-order chi connectivity index (χ1) is 20.0. The smallest absolute Gasteiger partial charge is 0.407 e. The van der Waals surface area contributed by atoms with Crippen LogP contribution >= 0.6 is 11.8 Å². The van der Waals surface area contributed by atoms with E-state index in [0.29, 0.717) is 12.2 Å². The van der Waals surface area contributed by atoms with E-state index in [9.17, 15) is 13.2 Å². The van der Waals surface area contributed by atoms with E-state index >= 15 is 0 Å². The van der Waals surface area contributed by atoms with Crippen molar-refractivity contribution in [2.75, 3.05) is 13.7 Å². The van der Waals surface area contributed by atoms with Gasteiger partial charge >= 0.3 is 6.09 Å². The van der Waals surface area contributed by atoms with Crippen LogP contribution in [0, 0.1) is 5.41 Å². The Hall–Kier alpha value is -3.27. The van der Waals surface area contributed by atoms with Crippen LogP contribution in [0.25, 0.3) is 0 Å². The molecule has 1 N–H and O–H groups in total. The summed E-state index contributed by atoms with van der Waals surface area (Å²) in [4.78, 5) is 13.0. The second-order valence-electron chi connectivity index (χ2n) is 11.1. The van der Waals surface area contributed by atoms with Gasteiger partial charge in [0, 0.05) is 11.0 Å². The van der Waals surface area contributed by atoms with Gasteiger partial charge in [-0.05, 0) is 53.2 Å². The maximum absolute atomic E-state index is 13.0. The molecule has 0 aliphatic carbocycles. The van der Waals surface area contributed by atoms with Crippen LogP contribution in [0.5, 0.6) is 5.75 Å². The fraction of sp³-hybridized carbons (Fsp3) is 0.364. The van der Waals surface area contributed by atoms with Gasteiger partial charge in [-0.25, -0.2) is 4.79 Å². The summed E-state index contributed by atoms with van der Waals surface area (Å²) in [5.74, 6) is 1.43. The van der Waals surface area contributed by atoms with Gasteiger partial charge in [0.1, 0.15) is 12.4 Å². The molecular formula is C33H41NO6S2. The molecular weight excluding hydrogens is 570 g/mol. The third-order valence-electron chi connectivity index (χ3n) is 6.19. The number of benzene rings is 3. The minimum Gasteiger partial charge on any atom is -0.497 e. The summed E-state index contributed by atoms with van der Waals surface area (Å²) >= 11 is 1.64. The largest absolute Gasteiger partial charge is 0.497 e. The third-order valence-corrected chi connectivity index (χ3v) is 8.58. The van der Waals surface area contributed by atoms with Crippen LogP contribution in [-0.2, 0) is 37.8 Å². The standard InChI is InChI=1S/C33H41NO6S2/c1-33(2,3)25-40-42(36,37)22-21-30(34-32(35)39-23-27-13-9-6-10-14-27)31(20-17-26-11-7-5-8-12-26)41-24-28-15-18-29(38-4)19-16-28/h5-16,18-19,21-22,30-31H,17,20,23-25H2,1-4H3,(H,34,35). The Balaban J connectivity index is 1.82. The van der Waals surface area contributed by atoms with Crippen molar-refractivity contribution < 1.29 is 26.9 Å². The first-order valence-corrected chi connectivity index (χ1v) is 16.4. The van der Waals surface area contributed by atoms with Gasteiger partial charge in [0.15, 0.2) is 0 Å². The van der Waals surface area contributed by atoms with Crippen LogP contribution in [0.4, 0.5) is 4.79 Å². The topological polar surface area (TPSA) is 90.9 Å². The first kappa shape index (κ1) is 33.2. The van der Waals surface area contributed by atoms with Crippen LogP contribution in [-0.4, -0.2) is 39.5 Å². The molecule has 1 amide bonds. The Kier molecular flexibility index (Phi) is 13.0. The molecule has 42 heavy (non-hydrogen) atoms. The SMILES string of the molecule is COc1ccc(CSC(CCc2ccccc2)C(C=CS(=O)(=O)OCC(C)(C)C)NC(=O)OCc2ccccc2)cc1. The summed E-state index contributed by atoms with van der Waals surface area (Å²) in [5, 5.41) is 3.78. The zero-order valence-electron chi connectivity index (χ0n) is 24.7. The maximum Gasteiger partial charge on any atom is 0.407 e. The van der Waals surface area contributed by atoms with Crippen molar-refractivity contribution in [3.8, 4) is 5.75 Å². The van der Waals surface area contributed by atoms with Crippen LogP contribution < -0.4 is 10.1 Å². The summed E-state index contributed by atoms with van der Waals surface area (Å²) < 4.78 is 41.5. The number of ether oxygens (including phenoxy) is 2. The van der Waals surface area contributed by atoms with Gasteiger partial charge in [-0.15, -0.1) is 0 Å². The van der Waals surface area contributed by atoms with Gasteiger partial charge in [0.25, 0.3) is 10.1 Å². The zero-order chi connectivity index (χ0) is 30.4. The van der Waals surface area contributed by atoms with Gasteiger partial charge in [0.05, 0.1) is 25.2 Å². The van der Waals surface area contributed by atoms with E-state index in [2.05, 4.69) is 17.4 Å². The maximum atomic E-state index is 13.0. The van der Waals surface area contributed by atoms with E-state index in [4.69, 9.17) is 13.7 Å². The predicted octanol–water partition coefficient (Wildman–Crippen LogP) is 7.13. The van der Waals surface area contributed by atoms with Crippen LogP contribution in [0.3, 0.4) is 0 Å². The number of carbonyl (C=O) groups excluding carboxylic acids is 1. The second-order valence-corrected chi connectivity index (χ2v) is 13.8. The van der Waals surface area contributed by atoms with Gasteiger partial charge in [-0.1, -0.05) is 93.6 Å². The Morgan fingerprint density at radius 3 is 2.12 bits per heavy atom. The monoisotopic (exact) mass is 611 g/mol. The zero-order valence-corrected chi connectivity index (χ0v) is 26.3.